The number of anilines is 1. The number of allylic oxidation sites excluding steroid dienone is 1. The highest BCUT2D eigenvalue weighted by Gasteiger charge is 2.21. The summed E-state index contributed by atoms with van der Waals surface area (Å²) in [5, 5.41) is 14.6. The molecule has 0 aliphatic heterocycles. The van der Waals surface area contributed by atoms with Crippen molar-refractivity contribution in [3.05, 3.63) is 71.4 Å². The molecule has 9 heteroatoms. The molecule has 4 rings (SSSR count). The summed E-state index contributed by atoms with van der Waals surface area (Å²) in [6.45, 7) is 6.53. The minimum Gasteiger partial charge on any atom is -0.497 e. The molecule has 1 amide bonds. The molecule has 0 aliphatic rings. The molecule has 2 aromatic heterocycles. The van der Waals surface area contributed by atoms with Crippen LogP contribution in [0.1, 0.15) is 4.88 Å². The van der Waals surface area contributed by atoms with Crippen LogP contribution in [-0.2, 0) is 11.3 Å². The van der Waals surface area contributed by atoms with E-state index in [2.05, 4.69) is 46.5 Å². The Morgan fingerprint density at radius 3 is 2.69 bits per heavy atom. The first-order valence-corrected chi connectivity index (χ1v) is 12.7. The van der Waals surface area contributed by atoms with Crippen molar-refractivity contribution in [3.63, 3.8) is 0 Å². The number of aromatic nitrogens is 3. The Hall–Kier alpha value is -3.56. The average Bonchev–Trinajstić information content (AvgIpc) is 3.46. The van der Waals surface area contributed by atoms with Crippen LogP contribution in [0, 0.1) is 6.92 Å². The van der Waals surface area contributed by atoms with Crippen LogP contribution in [0.25, 0.3) is 22.5 Å². The lowest BCUT2D eigenvalue weighted by Crippen LogP contribution is -2.15. The van der Waals surface area contributed by atoms with Gasteiger partial charge in [-0.2, -0.15) is 0 Å². The number of ether oxygens (including phenoxy) is 2. The summed E-state index contributed by atoms with van der Waals surface area (Å²) in [5.41, 5.74) is 3.88. The van der Waals surface area contributed by atoms with Gasteiger partial charge in [-0.25, -0.2) is 0 Å². The van der Waals surface area contributed by atoms with Crippen molar-refractivity contribution in [3.8, 4) is 34.0 Å². The maximum Gasteiger partial charge on any atom is 0.234 e. The van der Waals surface area contributed by atoms with E-state index in [4.69, 9.17) is 9.47 Å². The molecule has 0 saturated heterocycles. The van der Waals surface area contributed by atoms with E-state index < -0.39 is 0 Å². The van der Waals surface area contributed by atoms with E-state index in [0.717, 1.165) is 22.5 Å². The van der Waals surface area contributed by atoms with Crippen molar-refractivity contribution < 1.29 is 14.3 Å². The minimum atomic E-state index is -0.176. The fourth-order valence-electron chi connectivity index (χ4n) is 3.69. The van der Waals surface area contributed by atoms with E-state index in [1.807, 2.05) is 22.8 Å². The van der Waals surface area contributed by atoms with Crippen LogP contribution in [0.5, 0.6) is 11.5 Å². The number of methoxy groups -OCH3 is 2. The Balaban J connectivity index is 1.55. The Labute approximate surface area is 212 Å². The number of thioether (sulfide) groups is 1. The highest BCUT2D eigenvalue weighted by molar-refractivity contribution is 7.99. The van der Waals surface area contributed by atoms with Gasteiger partial charge < -0.3 is 14.8 Å². The Morgan fingerprint density at radius 2 is 1.97 bits per heavy atom. The van der Waals surface area contributed by atoms with Gasteiger partial charge in [0.15, 0.2) is 11.0 Å². The molecule has 4 aromatic rings. The topological polar surface area (TPSA) is 78.3 Å². The molecule has 0 unspecified atom stereocenters. The highest BCUT2D eigenvalue weighted by atomic mass is 32.2. The lowest BCUT2D eigenvalue weighted by molar-refractivity contribution is -0.113. The third kappa shape index (κ3) is 5.41. The van der Waals surface area contributed by atoms with Gasteiger partial charge in [-0.05, 0) is 24.6 Å². The van der Waals surface area contributed by atoms with Gasteiger partial charge in [-0.1, -0.05) is 48.2 Å². The van der Waals surface area contributed by atoms with Crippen molar-refractivity contribution in [2.75, 3.05) is 25.3 Å². The number of thiophene rings is 1. The fraction of sp³-hybridized carbons (Fsp3) is 0.192. The SMILES string of the molecule is C=CCn1c(SCC(=O)Nc2ccc(OC)cc2OC)nnc1-c1csc(C)c1-c1ccccc1. The Kier molecular flexibility index (Phi) is 7.89. The first-order valence-electron chi connectivity index (χ1n) is 10.9. The lowest BCUT2D eigenvalue weighted by Gasteiger charge is -2.12. The van der Waals surface area contributed by atoms with Crippen molar-refractivity contribution in [2.45, 2.75) is 18.6 Å². The Morgan fingerprint density at radius 1 is 1.17 bits per heavy atom. The number of aryl methyl sites for hydroxylation is 1. The summed E-state index contributed by atoms with van der Waals surface area (Å²) >= 11 is 3.01. The van der Waals surface area contributed by atoms with Crippen LogP contribution in [0.2, 0.25) is 0 Å². The van der Waals surface area contributed by atoms with E-state index in [1.165, 1.54) is 16.6 Å². The molecule has 0 aliphatic carbocycles. The predicted octanol–water partition coefficient (Wildman–Crippen LogP) is 5.92. The molecule has 0 spiro atoms. The van der Waals surface area contributed by atoms with Crippen molar-refractivity contribution in [1.29, 1.82) is 0 Å². The van der Waals surface area contributed by atoms with Gasteiger partial charge in [0.1, 0.15) is 11.5 Å². The molecular formula is C26H26N4O3S2. The maximum absolute atomic E-state index is 12.7. The number of carbonyl (C=O) groups is 1. The summed E-state index contributed by atoms with van der Waals surface area (Å²) in [5.74, 6) is 1.93. The molecule has 0 atom stereocenters. The predicted molar refractivity (Wildman–Crippen MR) is 143 cm³/mol. The van der Waals surface area contributed by atoms with Crippen molar-refractivity contribution in [1.82, 2.24) is 14.8 Å². The average molecular weight is 507 g/mol. The van der Waals surface area contributed by atoms with E-state index in [0.29, 0.717) is 28.9 Å². The number of nitrogens with one attached hydrogen (secondary N) is 1. The minimum absolute atomic E-state index is 0.165. The van der Waals surface area contributed by atoms with Gasteiger partial charge in [0.05, 0.1) is 25.7 Å². The van der Waals surface area contributed by atoms with Crippen LogP contribution >= 0.6 is 23.1 Å². The van der Waals surface area contributed by atoms with Crippen LogP contribution in [0.15, 0.2) is 71.7 Å². The number of amides is 1. The molecule has 0 radical (unpaired) electrons. The normalized spacial score (nSPS) is 10.7. The molecule has 35 heavy (non-hydrogen) atoms. The zero-order valence-corrected chi connectivity index (χ0v) is 21.4. The van der Waals surface area contributed by atoms with Gasteiger partial charge in [-0.3, -0.25) is 9.36 Å². The van der Waals surface area contributed by atoms with Crippen molar-refractivity contribution >= 4 is 34.7 Å². The van der Waals surface area contributed by atoms with Gasteiger partial charge in [0.2, 0.25) is 5.91 Å². The van der Waals surface area contributed by atoms with Gasteiger partial charge in [0, 0.05) is 34.0 Å². The van der Waals surface area contributed by atoms with Crippen LogP contribution in [-0.4, -0.2) is 40.6 Å². The number of benzene rings is 2. The number of rotatable bonds is 10. The summed E-state index contributed by atoms with van der Waals surface area (Å²) in [4.78, 5) is 13.9. The van der Waals surface area contributed by atoms with Crippen LogP contribution < -0.4 is 14.8 Å². The van der Waals surface area contributed by atoms with E-state index >= 15 is 0 Å². The largest absolute Gasteiger partial charge is 0.497 e. The summed E-state index contributed by atoms with van der Waals surface area (Å²) in [6, 6.07) is 15.5. The van der Waals surface area contributed by atoms with Crippen LogP contribution in [0.4, 0.5) is 5.69 Å². The second kappa shape index (κ2) is 11.2. The second-order valence-corrected chi connectivity index (χ2v) is 9.58. The molecule has 0 fully saturated rings. The first kappa shape index (κ1) is 24.6. The second-order valence-electron chi connectivity index (χ2n) is 7.56. The van der Waals surface area contributed by atoms with E-state index in [9.17, 15) is 4.79 Å². The Bertz CT molecular complexity index is 1330. The molecular weight excluding hydrogens is 480 g/mol. The van der Waals surface area contributed by atoms with E-state index in [1.54, 1.807) is 49.8 Å². The lowest BCUT2D eigenvalue weighted by atomic mass is 10.0. The molecule has 2 aromatic carbocycles. The molecule has 180 valence electrons. The first-order chi connectivity index (χ1) is 17.0. The molecule has 0 bridgehead atoms. The summed E-state index contributed by atoms with van der Waals surface area (Å²) in [7, 11) is 3.13. The van der Waals surface area contributed by atoms with Gasteiger partial charge >= 0.3 is 0 Å². The number of carbonyl (C=O) groups excluding carboxylic acids is 1. The molecule has 7 nitrogen and oxygen atoms in total. The van der Waals surface area contributed by atoms with Crippen molar-refractivity contribution in [2.24, 2.45) is 0 Å². The zero-order valence-electron chi connectivity index (χ0n) is 19.8. The summed E-state index contributed by atoms with van der Waals surface area (Å²) in [6.07, 6.45) is 1.81. The monoisotopic (exact) mass is 506 g/mol. The zero-order chi connectivity index (χ0) is 24.8. The van der Waals surface area contributed by atoms with Gasteiger partial charge in [0.25, 0.3) is 0 Å². The standard InChI is InChI=1S/C26H26N4O3S2/c1-5-13-30-25(20-15-34-17(2)24(20)18-9-7-6-8-10-18)28-29-26(30)35-16-23(31)27-21-12-11-19(32-3)14-22(21)33-4/h5-12,14-15H,1,13,16H2,2-4H3,(H,27,31). The molecule has 0 saturated carbocycles. The highest BCUT2D eigenvalue weighted by Crippen LogP contribution is 2.39. The fourth-order valence-corrected chi connectivity index (χ4v) is 5.30. The molecule has 1 N–H and O–H groups in total. The number of hydrogen-bond acceptors (Lipinski definition) is 7. The van der Waals surface area contributed by atoms with Crippen LogP contribution in [0.3, 0.4) is 0 Å². The smallest absolute Gasteiger partial charge is 0.234 e. The quantitative estimate of drug-likeness (QED) is 0.213. The number of hydrogen-bond donors (Lipinski definition) is 1. The third-order valence-corrected chi connectivity index (χ3v) is 7.20. The van der Waals surface area contributed by atoms with E-state index in [-0.39, 0.29) is 11.7 Å². The maximum atomic E-state index is 12.7. The number of nitrogens with zero attached hydrogens (tertiary/aromatic N) is 3. The summed E-state index contributed by atoms with van der Waals surface area (Å²) < 4.78 is 12.6. The third-order valence-electron chi connectivity index (χ3n) is 5.32. The van der Waals surface area contributed by atoms with Gasteiger partial charge in [-0.15, -0.1) is 28.1 Å². The molecule has 2 heterocycles.